The lowest BCUT2D eigenvalue weighted by atomic mass is 9.98. The number of carbonyl (C=O) groups excluding carboxylic acids is 2. The molecule has 2 aliphatic heterocycles. The monoisotopic (exact) mass is 376 g/mol. The van der Waals surface area contributed by atoms with Crippen LogP contribution in [0.25, 0.3) is 0 Å². The number of esters is 1. The first kappa shape index (κ1) is 19.6. The molecule has 7 nitrogen and oxygen atoms in total. The predicted molar refractivity (Wildman–Crippen MR) is 103 cm³/mol. The van der Waals surface area contributed by atoms with E-state index in [-0.39, 0.29) is 17.8 Å². The van der Waals surface area contributed by atoms with Crippen molar-refractivity contribution in [1.29, 1.82) is 0 Å². The summed E-state index contributed by atoms with van der Waals surface area (Å²) in [7, 11) is 0. The Bertz CT molecular complexity index is 629. The molecule has 27 heavy (non-hydrogen) atoms. The number of ether oxygens (including phenoxy) is 2. The van der Waals surface area contributed by atoms with Crippen LogP contribution < -0.4 is 15.1 Å². The minimum absolute atomic E-state index is 0.0198. The van der Waals surface area contributed by atoms with E-state index in [1.165, 1.54) is 0 Å². The van der Waals surface area contributed by atoms with Crippen LogP contribution in [-0.4, -0.2) is 64.4 Å². The highest BCUT2D eigenvalue weighted by Crippen LogP contribution is 2.19. The third-order valence-electron chi connectivity index (χ3n) is 5.18. The summed E-state index contributed by atoms with van der Waals surface area (Å²) >= 11 is 0. The standard InChI is InChI=1S/C20H29N3O4/c1-2-27-20(25)16-4-3-9-22(14-16)15-19(24)21-17-5-7-18(8-6-17)23-10-12-26-13-11-23/h5-8,16H,2-4,9-15H2,1H3,(H,21,24)/p+1/t16-/m1/s1. The summed E-state index contributed by atoms with van der Waals surface area (Å²) in [5.41, 5.74) is 1.95. The van der Waals surface area contributed by atoms with Crippen molar-refractivity contribution in [2.75, 3.05) is 62.8 Å². The minimum Gasteiger partial charge on any atom is -0.466 e. The van der Waals surface area contributed by atoms with Gasteiger partial charge >= 0.3 is 5.97 Å². The Morgan fingerprint density at radius 3 is 2.70 bits per heavy atom. The Hall–Kier alpha value is -2.12. The maximum atomic E-state index is 12.4. The summed E-state index contributed by atoms with van der Waals surface area (Å²) in [5.74, 6) is -0.239. The van der Waals surface area contributed by atoms with Crippen molar-refractivity contribution in [2.45, 2.75) is 19.8 Å². The van der Waals surface area contributed by atoms with Crippen molar-refractivity contribution in [1.82, 2.24) is 0 Å². The molecule has 148 valence electrons. The third-order valence-corrected chi connectivity index (χ3v) is 5.18. The first-order valence-corrected chi connectivity index (χ1v) is 9.88. The molecule has 2 N–H and O–H groups in total. The Kier molecular flexibility index (Phi) is 7.06. The molecule has 3 rings (SSSR count). The first-order valence-electron chi connectivity index (χ1n) is 9.88. The van der Waals surface area contributed by atoms with Crippen LogP contribution in [0, 0.1) is 5.92 Å². The number of hydrogen-bond donors (Lipinski definition) is 2. The second-order valence-corrected chi connectivity index (χ2v) is 7.17. The predicted octanol–water partition coefficient (Wildman–Crippen LogP) is 0.320. The van der Waals surface area contributed by atoms with Crippen LogP contribution in [0.3, 0.4) is 0 Å². The quantitative estimate of drug-likeness (QED) is 0.700. The number of benzene rings is 1. The summed E-state index contributed by atoms with van der Waals surface area (Å²) < 4.78 is 10.5. The molecule has 1 aromatic carbocycles. The average Bonchev–Trinajstić information content (AvgIpc) is 2.69. The Morgan fingerprint density at radius 1 is 1.26 bits per heavy atom. The summed E-state index contributed by atoms with van der Waals surface area (Å²) in [6.07, 6.45) is 1.80. The lowest BCUT2D eigenvalue weighted by molar-refractivity contribution is -0.899. The number of amides is 1. The van der Waals surface area contributed by atoms with Gasteiger partial charge in [0.2, 0.25) is 0 Å². The molecule has 2 saturated heterocycles. The number of nitrogens with zero attached hydrogens (tertiary/aromatic N) is 1. The van der Waals surface area contributed by atoms with Gasteiger partial charge in [-0.2, -0.15) is 0 Å². The second-order valence-electron chi connectivity index (χ2n) is 7.17. The molecule has 1 amide bonds. The topological polar surface area (TPSA) is 72.3 Å². The number of nitrogens with one attached hydrogen (secondary N) is 2. The number of quaternary nitrogens is 1. The molecule has 0 spiro atoms. The summed E-state index contributed by atoms with van der Waals surface area (Å²) in [6, 6.07) is 7.95. The lowest BCUT2D eigenvalue weighted by Crippen LogP contribution is -3.14. The highest BCUT2D eigenvalue weighted by molar-refractivity contribution is 5.91. The Labute approximate surface area is 160 Å². The van der Waals surface area contributed by atoms with E-state index >= 15 is 0 Å². The highest BCUT2D eigenvalue weighted by Gasteiger charge is 2.30. The van der Waals surface area contributed by atoms with Gasteiger partial charge in [0, 0.05) is 24.5 Å². The van der Waals surface area contributed by atoms with Gasteiger partial charge in [-0.3, -0.25) is 9.59 Å². The number of piperidine rings is 1. The van der Waals surface area contributed by atoms with Crippen LogP contribution in [0.1, 0.15) is 19.8 Å². The SMILES string of the molecule is CCOC(=O)[C@@H]1CCC[NH+](CC(=O)Nc2ccc(N3CCOCC3)cc2)C1. The van der Waals surface area contributed by atoms with Crippen molar-refractivity contribution in [3.63, 3.8) is 0 Å². The minimum atomic E-state index is -0.131. The van der Waals surface area contributed by atoms with E-state index in [1.807, 2.05) is 31.2 Å². The van der Waals surface area contributed by atoms with Crippen LogP contribution in [-0.2, 0) is 19.1 Å². The number of rotatable bonds is 6. The molecular formula is C20H30N3O4+. The smallest absolute Gasteiger partial charge is 0.314 e. The molecule has 0 saturated carbocycles. The normalized spacial score (nSPS) is 22.9. The van der Waals surface area contributed by atoms with E-state index in [9.17, 15) is 9.59 Å². The van der Waals surface area contributed by atoms with Crippen LogP contribution in [0.15, 0.2) is 24.3 Å². The molecule has 0 bridgehead atoms. The lowest BCUT2D eigenvalue weighted by Gasteiger charge is -2.29. The van der Waals surface area contributed by atoms with E-state index in [0.717, 1.165) is 62.0 Å². The number of likely N-dealkylation sites (tertiary alicyclic amines) is 1. The summed E-state index contributed by atoms with van der Waals surface area (Å²) in [5, 5.41) is 2.97. The molecule has 1 unspecified atom stereocenters. The molecule has 2 aliphatic rings. The molecule has 0 aliphatic carbocycles. The van der Waals surface area contributed by atoms with Gasteiger partial charge in [-0.15, -0.1) is 0 Å². The van der Waals surface area contributed by atoms with Crippen molar-refractivity contribution in [3.05, 3.63) is 24.3 Å². The largest absolute Gasteiger partial charge is 0.466 e. The molecule has 0 radical (unpaired) electrons. The van der Waals surface area contributed by atoms with Crippen molar-refractivity contribution >= 4 is 23.3 Å². The fraction of sp³-hybridized carbons (Fsp3) is 0.600. The van der Waals surface area contributed by atoms with Gasteiger partial charge in [-0.25, -0.2) is 0 Å². The maximum Gasteiger partial charge on any atom is 0.314 e. The van der Waals surface area contributed by atoms with E-state index in [2.05, 4.69) is 10.2 Å². The van der Waals surface area contributed by atoms with Gasteiger partial charge < -0.3 is 24.6 Å². The van der Waals surface area contributed by atoms with Gasteiger partial charge in [-0.1, -0.05) is 0 Å². The number of morpholine rings is 1. The van der Waals surface area contributed by atoms with E-state index in [4.69, 9.17) is 9.47 Å². The van der Waals surface area contributed by atoms with E-state index in [1.54, 1.807) is 0 Å². The zero-order chi connectivity index (χ0) is 19.1. The van der Waals surface area contributed by atoms with Crippen LogP contribution in [0.5, 0.6) is 0 Å². The second kappa shape index (κ2) is 9.71. The molecule has 2 heterocycles. The average molecular weight is 376 g/mol. The van der Waals surface area contributed by atoms with Gasteiger partial charge in [0.05, 0.1) is 32.9 Å². The third kappa shape index (κ3) is 5.68. The summed E-state index contributed by atoms with van der Waals surface area (Å²) in [4.78, 5) is 27.8. The summed E-state index contributed by atoms with van der Waals surface area (Å²) in [6.45, 7) is 7.49. The molecule has 2 atom stereocenters. The van der Waals surface area contributed by atoms with Crippen molar-refractivity contribution in [3.8, 4) is 0 Å². The Morgan fingerprint density at radius 2 is 2.00 bits per heavy atom. The molecule has 1 aromatic rings. The molecule has 2 fully saturated rings. The molecular weight excluding hydrogens is 346 g/mol. The van der Waals surface area contributed by atoms with Crippen LogP contribution in [0.4, 0.5) is 11.4 Å². The Balaban J connectivity index is 1.47. The van der Waals surface area contributed by atoms with E-state index in [0.29, 0.717) is 19.7 Å². The van der Waals surface area contributed by atoms with Gasteiger partial charge in [0.25, 0.3) is 5.91 Å². The molecule has 7 heteroatoms. The number of anilines is 2. The maximum absolute atomic E-state index is 12.4. The molecule has 0 aromatic heterocycles. The van der Waals surface area contributed by atoms with Crippen molar-refractivity contribution in [2.24, 2.45) is 5.92 Å². The van der Waals surface area contributed by atoms with Crippen LogP contribution in [0.2, 0.25) is 0 Å². The van der Waals surface area contributed by atoms with Gasteiger partial charge in [0.15, 0.2) is 6.54 Å². The van der Waals surface area contributed by atoms with Crippen LogP contribution >= 0.6 is 0 Å². The highest BCUT2D eigenvalue weighted by atomic mass is 16.5. The zero-order valence-electron chi connectivity index (χ0n) is 16.0. The van der Waals surface area contributed by atoms with Gasteiger partial charge in [-0.05, 0) is 44.0 Å². The van der Waals surface area contributed by atoms with E-state index < -0.39 is 0 Å². The fourth-order valence-corrected chi connectivity index (χ4v) is 3.78. The first-order chi connectivity index (χ1) is 13.2. The van der Waals surface area contributed by atoms with Crippen molar-refractivity contribution < 1.29 is 24.0 Å². The number of hydrogen-bond acceptors (Lipinski definition) is 5. The zero-order valence-corrected chi connectivity index (χ0v) is 16.0. The van der Waals surface area contributed by atoms with Gasteiger partial charge in [0.1, 0.15) is 5.92 Å². The number of carbonyl (C=O) groups is 2. The fourth-order valence-electron chi connectivity index (χ4n) is 3.78.